The molecule has 1 aliphatic heterocycles. The molecule has 3 nitrogen and oxygen atoms in total. The number of fused-ring (bicyclic) bond motifs is 1. The molecule has 18 heavy (non-hydrogen) atoms. The zero-order valence-electron chi connectivity index (χ0n) is 10.1. The number of hydrogen-bond donors (Lipinski definition) is 2. The quantitative estimate of drug-likeness (QED) is 0.656. The van der Waals surface area contributed by atoms with Gasteiger partial charge in [0.05, 0.1) is 19.3 Å². The van der Waals surface area contributed by atoms with E-state index in [1.807, 2.05) is 0 Å². The molecule has 0 radical (unpaired) electrons. The van der Waals surface area contributed by atoms with E-state index < -0.39 is 0 Å². The number of benzene rings is 1. The SMILES string of the molecule is NNC(Cc1ccsc1)c1ccc2c(c1)COC2. The van der Waals surface area contributed by atoms with Crippen molar-refractivity contribution in [3.8, 4) is 0 Å². The minimum Gasteiger partial charge on any atom is -0.372 e. The number of thiophene rings is 1. The molecule has 4 heteroatoms. The van der Waals surface area contributed by atoms with Crippen LogP contribution in [0, 0.1) is 0 Å². The van der Waals surface area contributed by atoms with Crippen LogP contribution >= 0.6 is 11.3 Å². The van der Waals surface area contributed by atoms with Crippen molar-refractivity contribution in [1.82, 2.24) is 5.43 Å². The molecular weight excluding hydrogens is 244 g/mol. The Kier molecular flexibility index (Phi) is 3.43. The van der Waals surface area contributed by atoms with Gasteiger partial charge in [-0.3, -0.25) is 11.3 Å². The molecule has 0 saturated carbocycles. The smallest absolute Gasteiger partial charge is 0.0725 e. The third kappa shape index (κ3) is 2.33. The van der Waals surface area contributed by atoms with Crippen molar-refractivity contribution in [2.24, 2.45) is 5.84 Å². The maximum absolute atomic E-state index is 5.69. The van der Waals surface area contributed by atoms with Crippen LogP contribution in [0.2, 0.25) is 0 Å². The van der Waals surface area contributed by atoms with E-state index in [4.69, 9.17) is 10.6 Å². The summed E-state index contributed by atoms with van der Waals surface area (Å²) in [6.07, 6.45) is 0.916. The molecule has 0 aliphatic carbocycles. The molecule has 1 unspecified atom stereocenters. The fourth-order valence-corrected chi connectivity index (χ4v) is 3.01. The lowest BCUT2D eigenvalue weighted by Crippen LogP contribution is -2.29. The number of ether oxygens (including phenoxy) is 1. The average Bonchev–Trinajstić information content (AvgIpc) is 3.06. The zero-order chi connectivity index (χ0) is 12.4. The molecule has 94 valence electrons. The van der Waals surface area contributed by atoms with E-state index in [2.05, 4.69) is 40.5 Å². The number of nitrogens with two attached hydrogens (primary N) is 1. The van der Waals surface area contributed by atoms with Crippen LogP contribution in [-0.4, -0.2) is 0 Å². The van der Waals surface area contributed by atoms with Gasteiger partial charge in [0.2, 0.25) is 0 Å². The first-order valence-electron chi connectivity index (χ1n) is 6.03. The van der Waals surface area contributed by atoms with Crippen molar-refractivity contribution in [3.63, 3.8) is 0 Å². The van der Waals surface area contributed by atoms with Crippen molar-refractivity contribution >= 4 is 11.3 Å². The van der Waals surface area contributed by atoms with Gasteiger partial charge in [0.1, 0.15) is 0 Å². The summed E-state index contributed by atoms with van der Waals surface area (Å²) in [5.74, 6) is 5.69. The highest BCUT2D eigenvalue weighted by Crippen LogP contribution is 2.25. The zero-order valence-corrected chi connectivity index (χ0v) is 10.9. The first-order chi connectivity index (χ1) is 8.86. The number of nitrogens with one attached hydrogen (secondary N) is 1. The Bertz CT molecular complexity index is 525. The second kappa shape index (κ2) is 5.20. The molecule has 1 aromatic carbocycles. The minimum absolute atomic E-state index is 0.158. The normalized spacial score (nSPS) is 15.6. The van der Waals surface area contributed by atoms with E-state index in [1.54, 1.807) is 11.3 Å². The average molecular weight is 260 g/mol. The van der Waals surface area contributed by atoms with E-state index in [9.17, 15) is 0 Å². The first-order valence-corrected chi connectivity index (χ1v) is 6.98. The van der Waals surface area contributed by atoms with Gasteiger partial charge < -0.3 is 4.74 Å². The Labute approximate surface area is 111 Å². The Morgan fingerprint density at radius 3 is 2.94 bits per heavy atom. The second-order valence-electron chi connectivity index (χ2n) is 4.58. The fourth-order valence-electron chi connectivity index (χ4n) is 2.33. The molecule has 0 fully saturated rings. The summed E-state index contributed by atoms with van der Waals surface area (Å²) in [6, 6.07) is 8.80. The van der Waals surface area contributed by atoms with Crippen LogP contribution < -0.4 is 11.3 Å². The van der Waals surface area contributed by atoms with Gasteiger partial charge in [-0.05, 0) is 45.5 Å². The molecule has 0 bridgehead atoms. The predicted molar refractivity (Wildman–Crippen MR) is 73.0 cm³/mol. The van der Waals surface area contributed by atoms with Crippen molar-refractivity contribution < 1.29 is 4.74 Å². The molecular formula is C14H16N2OS. The monoisotopic (exact) mass is 260 g/mol. The summed E-state index contributed by atoms with van der Waals surface area (Å²) < 4.78 is 5.44. The lowest BCUT2D eigenvalue weighted by Gasteiger charge is -2.16. The Morgan fingerprint density at radius 2 is 2.17 bits per heavy atom. The van der Waals surface area contributed by atoms with Gasteiger partial charge in [-0.25, -0.2) is 0 Å². The molecule has 1 atom stereocenters. The molecule has 0 saturated heterocycles. The summed E-state index contributed by atoms with van der Waals surface area (Å²) in [4.78, 5) is 0. The van der Waals surface area contributed by atoms with E-state index in [0.29, 0.717) is 0 Å². The summed E-state index contributed by atoms with van der Waals surface area (Å²) in [5, 5.41) is 4.26. The van der Waals surface area contributed by atoms with Gasteiger partial charge >= 0.3 is 0 Å². The first kappa shape index (κ1) is 11.9. The van der Waals surface area contributed by atoms with Crippen molar-refractivity contribution in [2.45, 2.75) is 25.7 Å². The summed E-state index contributed by atoms with van der Waals surface area (Å²) >= 11 is 1.72. The highest BCUT2D eigenvalue weighted by Gasteiger charge is 2.16. The van der Waals surface area contributed by atoms with Crippen LogP contribution in [-0.2, 0) is 24.4 Å². The molecule has 2 aromatic rings. The van der Waals surface area contributed by atoms with Crippen molar-refractivity contribution in [2.75, 3.05) is 0 Å². The second-order valence-corrected chi connectivity index (χ2v) is 5.36. The Hall–Kier alpha value is -1.20. The van der Waals surface area contributed by atoms with Gasteiger partial charge in [-0.2, -0.15) is 11.3 Å². The fraction of sp³-hybridized carbons (Fsp3) is 0.286. The minimum atomic E-state index is 0.158. The highest BCUT2D eigenvalue weighted by molar-refractivity contribution is 7.07. The van der Waals surface area contributed by atoms with Gasteiger partial charge in [-0.1, -0.05) is 18.2 Å². The summed E-state index contributed by atoms with van der Waals surface area (Å²) in [6.45, 7) is 1.46. The van der Waals surface area contributed by atoms with Crippen LogP contribution in [0.5, 0.6) is 0 Å². The molecule has 3 N–H and O–H groups in total. The standard InChI is InChI=1S/C14H16N2OS/c15-16-14(5-10-3-4-18-9-10)11-1-2-12-7-17-8-13(12)6-11/h1-4,6,9,14,16H,5,7-8,15H2. The molecule has 2 heterocycles. The highest BCUT2D eigenvalue weighted by atomic mass is 32.1. The summed E-state index contributed by atoms with van der Waals surface area (Å²) in [7, 11) is 0. The van der Waals surface area contributed by atoms with Crippen molar-refractivity contribution in [1.29, 1.82) is 0 Å². The third-order valence-corrected chi connectivity index (χ3v) is 4.10. The van der Waals surface area contributed by atoms with E-state index in [0.717, 1.165) is 19.6 Å². The topological polar surface area (TPSA) is 47.3 Å². The van der Waals surface area contributed by atoms with Crippen LogP contribution in [0.1, 0.15) is 28.3 Å². The molecule has 1 aliphatic rings. The summed E-state index contributed by atoms with van der Waals surface area (Å²) in [5.41, 5.74) is 8.05. The lowest BCUT2D eigenvalue weighted by molar-refractivity contribution is 0.134. The Morgan fingerprint density at radius 1 is 1.28 bits per heavy atom. The van der Waals surface area contributed by atoms with Gasteiger partial charge in [0.25, 0.3) is 0 Å². The molecule has 1 aromatic heterocycles. The van der Waals surface area contributed by atoms with Crippen LogP contribution in [0.3, 0.4) is 0 Å². The maximum Gasteiger partial charge on any atom is 0.0725 e. The lowest BCUT2D eigenvalue weighted by atomic mass is 9.97. The molecule has 0 amide bonds. The van der Waals surface area contributed by atoms with Crippen LogP contribution in [0.4, 0.5) is 0 Å². The van der Waals surface area contributed by atoms with Gasteiger partial charge in [0.15, 0.2) is 0 Å². The van der Waals surface area contributed by atoms with Gasteiger partial charge in [-0.15, -0.1) is 0 Å². The number of hydrogen-bond acceptors (Lipinski definition) is 4. The van der Waals surface area contributed by atoms with E-state index in [-0.39, 0.29) is 6.04 Å². The van der Waals surface area contributed by atoms with Gasteiger partial charge in [0, 0.05) is 0 Å². The van der Waals surface area contributed by atoms with Crippen LogP contribution in [0.25, 0.3) is 0 Å². The molecule has 3 rings (SSSR count). The van der Waals surface area contributed by atoms with E-state index in [1.165, 1.54) is 22.3 Å². The van der Waals surface area contributed by atoms with Crippen molar-refractivity contribution in [3.05, 3.63) is 57.3 Å². The van der Waals surface area contributed by atoms with Crippen LogP contribution in [0.15, 0.2) is 35.0 Å². The predicted octanol–water partition coefficient (Wildman–Crippen LogP) is 2.53. The Balaban J connectivity index is 1.83. The number of hydrazine groups is 1. The largest absolute Gasteiger partial charge is 0.372 e. The third-order valence-electron chi connectivity index (χ3n) is 3.37. The molecule has 0 spiro atoms. The van der Waals surface area contributed by atoms with E-state index >= 15 is 0 Å². The maximum atomic E-state index is 5.69. The number of rotatable bonds is 4.